The van der Waals surface area contributed by atoms with Gasteiger partial charge in [-0.3, -0.25) is 0 Å². The number of aromatic nitrogens is 3. The third-order valence-electron chi connectivity index (χ3n) is 4.19. The SMILES string of the molecule is Cc1cccc(-c2ccn(-c3ccc4oc(/C=C/C(O)CO)cc4n3)n2)c1. The summed E-state index contributed by atoms with van der Waals surface area (Å²) < 4.78 is 7.40. The maximum Gasteiger partial charge on any atom is 0.154 e. The fraction of sp³-hybridized carbons (Fsp3) is 0.143. The molecule has 27 heavy (non-hydrogen) atoms. The van der Waals surface area contributed by atoms with Crippen molar-refractivity contribution in [3.8, 4) is 17.1 Å². The summed E-state index contributed by atoms with van der Waals surface area (Å²) in [6, 6.07) is 15.6. The normalized spacial score (nSPS) is 12.9. The standard InChI is InChI=1S/C21H19N3O3/c1-14-3-2-4-15(11-14)18-9-10-24(23-18)21-8-7-20-19(22-21)12-17(27-20)6-5-16(26)13-25/h2-12,16,25-26H,13H2,1H3/b6-5+. The molecule has 2 N–H and O–H groups in total. The van der Waals surface area contributed by atoms with Crippen LogP contribution in [0.1, 0.15) is 11.3 Å². The van der Waals surface area contributed by atoms with Gasteiger partial charge in [0.05, 0.1) is 18.4 Å². The first kappa shape index (κ1) is 17.2. The van der Waals surface area contributed by atoms with Gasteiger partial charge in [-0.1, -0.05) is 29.8 Å². The molecule has 6 heteroatoms. The summed E-state index contributed by atoms with van der Waals surface area (Å²) >= 11 is 0. The molecule has 1 atom stereocenters. The molecule has 136 valence electrons. The van der Waals surface area contributed by atoms with Crippen molar-refractivity contribution >= 4 is 17.2 Å². The van der Waals surface area contributed by atoms with E-state index in [1.54, 1.807) is 16.8 Å². The van der Waals surface area contributed by atoms with Gasteiger partial charge < -0.3 is 14.6 Å². The number of aryl methyl sites for hydroxylation is 1. The molecule has 4 rings (SSSR count). The van der Waals surface area contributed by atoms with E-state index in [1.807, 2.05) is 36.5 Å². The number of pyridine rings is 1. The van der Waals surface area contributed by atoms with Crippen LogP contribution in [0, 0.1) is 6.92 Å². The van der Waals surface area contributed by atoms with E-state index in [-0.39, 0.29) is 6.61 Å². The third kappa shape index (κ3) is 3.67. The third-order valence-corrected chi connectivity index (χ3v) is 4.19. The molecule has 3 heterocycles. The van der Waals surface area contributed by atoms with Crippen molar-refractivity contribution in [2.75, 3.05) is 6.61 Å². The highest BCUT2D eigenvalue weighted by molar-refractivity contribution is 5.76. The van der Waals surface area contributed by atoms with E-state index < -0.39 is 6.10 Å². The average molecular weight is 361 g/mol. The Morgan fingerprint density at radius 3 is 2.89 bits per heavy atom. The molecule has 0 fully saturated rings. The van der Waals surface area contributed by atoms with Gasteiger partial charge in [0, 0.05) is 17.8 Å². The summed E-state index contributed by atoms with van der Waals surface area (Å²) in [4.78, 5) is 4.60. The molecule has 1 unspecified atom stereocenters. The Hall–Kier alpha value is -3.22. The molecule has 0 saturated heterocycles. The molecule has 0 amide bonds. The molecular formula is C21H19N3O3. The minimum atomic E-state index is -0.911. The van der Waals surface area contributed by atoms with Crippen LogP contribution in [-0.4, -0.2) is 37.7 Å². The number of benzene rings is 1. The number of aliphatic hydroxyl groups excluding tert-OH is 2. The minimum Gasteiger partial charge on any atom is -0.455 e. The Bertz CT molecular complexity index is 1110. The van der Waals surface area contributed by atoms with Crippen molar-refractivity contribution in [2.24, 2.45) is 0 Å². The van der Waals surface area contributed by atoms with Crippen molar-refractivity contribution in [1.82, 2.24) is 14.8 Å². The zero-order valence-corrected chi connectivity index (χ0v) is 14.8. The number of fused-ring (bicyclic) bond motifs is 1. The first-order chi connectivity index (χ1) is 13.1. The van der Waals surface area contributed by atoms with Gasteiger partial charge in [-0.05, 0) is 37.3 Å². The fourth-order valence-corrected chi connectivity index (χ4v) is 2.82. The second-order valence-electron chi connectivity index (χ2n) is 6.33. The molecule has 0 spiro atoms. The molecule has 0 aliphatic rings. The molecule has 4 aromatic rings. The van der Waals surface area contributed by atoms with Crippen LogP contribution < -0.4 is 0 Å². The van der Waals surface area contributed by atoms with E-state index in [2.05, 4.69) is 29.1 Å². The van der Waals surface area contributed by atoms with E-state index >= 15 is 0 Å². The van der Waals surface area contributed by atoms with Crippen molar-refractivity contribution in [2.45, 2.75) is 13.0 Å². The maximum absolute atomic E-state index is 9.39. The van der Waals surface area contributed by atoms with Gasteiger partial charge in [-0.15, -0.1) is 0 Å². The molecule has 0 saturated carbocycles. The predicted molar refractivity (Wildman–Crippen MR) is 103 cm³/mol. The Kier molecular flexibility index (Phi) is 4.58. The molecule has 0 radical (unpaired) electrons. The largest absolute Gasteiger partial charge is 0.455 e. The topological polar surface area (TPSA) is 84.3 Å². The molecule has 0 aliphatic carbocycles. The van der Waals surface area contributed by atoms with Crippen LogP contribution in [-0.2, 0) is 0 Å². The minimum absolute atomic E-state index is 0.332. The summed E-state index contributed by atoms with van der Waals surface area (Å²) in [5.74, 6) is 1.25. The number of aliphatic hydroxyl groups is 2. The Morgan fingerprint density at radius 2 is 2.07 bits per heavy atom. The summed E-state index contributed by atoms with van der Waals surface area (Å²) in [6.45, 7) is 1.72. The van der Waals surface area contributed by atoms with Crippen molar-refractivity contribution < 1.29 is 14.6 Å². The molecule has 3 aromatic heterocycles. The number of nitrogens with zero attached hydrogens (tertiary/aromatic N) is 3. The summed E-state index contributed by atoms with van der Waals surface area (Å²) in [6.07, 6.45) is 4.06. The van der Waals surface area contributed by atoms with Gasteiger partial charge in [0.1, 0.15) is 11.3 Å². The van der Waals surface area contributed by atoms with Crippen LogP contribution in [0.5, 0.6) is 0 Å². The van der Waals surface area contributed by atoms with Gasteiger partial charge in [0.25, 0.3) is 0 Å². The van der Waals surface area contributed by atoms with Crippen molar-refractivity contribution in [1.29, 1.82) is 0 Å². The van der Waals surface area contributed by atoms with Crippen LogP contribution in [0.25, 0.3) is 34.3 Å². The Morgan fingerprint density at radius 1 is 1.19 bits per heavy atom. The maximum atomic E-state index is 9.39. The average Bonchev–Trinajstić information content (AvgIpc) is 3.32. The van der Waals surface area contributed by atoms with Crippen LogP contribution in [0.15, 0.2) is 65.2 Å². The smallest absolute Gasteiger partial charge is 0.154 e. The summed E-state index contributed by atoms with van der Waals surface area (Å²) in [5, 5.41) is 22.9. The van der Waals surface area contributed by atoms with E-state index in [9.17, 15) is 5.11 Å². The first-order valence-electron chi connectivity index (χ1n) is 8.63. The van der Waals surface area contributed by atoms with E-state index in [4.69, 9.17) is 9.52 Å². The second kappa shape index (κ2) is 7.19. The summed E-state index contributed by atoms with van der Waals surface area (Å²) in [7, 11) is 0. The van der Waals surface area contributed by atoms with Crippen LogP contribution in [0.2, 0.25) is 0 Å². The highest BCUT2D eigenvalue weighted by Crippen LogP contribution is 2.22. The van der Waals surface area contributed by atoms with Gasteiger partial charge in [-0.2, -0.15) is 5.10 Å². The lowest BCUT2D eigenvalue weighted by atomic mass is 10.1. The van der Waals surface area contributed by atoms with Gasteiger partial charge in [0.2, 0.25) is 0 Å². The van der Waals surface area contributed by atoms with Gasteiger partial charge in [0.15, 0.2) is 11.4 Å². The first-order valence-corrected chi connectivity index (χ1v) is 8.63. The molecule has 1 aromatic carbocycles. The van der Waals surface area contributed by atoms with Crippen molar-refractivity contribution in [3.63, 3.8) is 0 Å². The molecule has 0 bridgehead atoms. The molecular weight excluding hydrogens is 342 g/mol. The van der Waals surface area contributed by atoms with Crippen LogP contribution in [0.4, 0.5) is 0 Å². The quantitative estimate of drug-likeness (QED) is 0.569. The number of hydrogen-bond donors (Lipinski definition) is 2. The zero-order chi connectivity index (χ0) is 18.8. The predicted octanol–water partition coefficient (Wildman–Crippen LogP) is 3.36. The Labute approximate surface area is 156 Å². The Balaban J connectivity index is 1.63. The lowest BCUT2D eigenvalue weighted by molar-refractivity contribution is 0.131. The summed E-state index contributed by atoms with van der Waals surface area (Å²) in [5.41, 5.74) is 4.47. The number of rotatable bonds is 5. The second-order valence-corrected chi connectivity index (χ2v) is 6.33. The zero-order valence-electron chi connectivity index (χ0n) is 14.8. The highest BCUT2D eigenvalue weighted by atomic mass is 16.3. The monoisotopic (exact) mass is 361 g/mol. The lowest BCUT2D eigenvalue weighted by Crippen LogP contribution is -2.06. The van der Waals surface area contributed by atoms with Crippen LogP contribution >= 0.6 is 0 Å². The fourth-order valence-electron chi connectivity index (χ4n) is 2.82. The van der Waals surface area contributed by atoms with E-state index in [0.717, 1.165) is 11.3 Å². The van der Waals surface area contributed by atoms with E-state index in [1.165, 1.54) is 11.6 Å². The van der Waals surface area contributed by atoms with Crippen molar-refractivity contribution in [3.05, 3.63) is 72.1 Å². The van der Waals surface area contributed by atoms with Crippen LogP contribution in [0.3, 0.4) is 0 Å². The van der Waals surface area contributed by atoms with E-state index in [0.29, 0.717) is 22.7 Å². The lowest BCUT2D eigenvalue weighted by Gasteiger charge is -2.01. The highest BCUT2D eigenvalue weighted by Gasteiger charge is 2.08. The molecule has 0 aliphatic heterocycles. The number of furan rings is 1. The van der Waals surface area contributed by atoms with Gasteiger partial charge >= 0.3 is 0 Å². The van der Waals surface area contributed by atoms with Gasteiger partial charge in [-0.25, -0.2) is 9.67 Å². The number of hydrogen-bond acceptors (Lipinski definition) is 5. The molecule has 6 nitrogen and oxygen atoms in total.